The molecule has 0 radical (unpaired) electrons. The average molecular weight is 441 g/mol. The Morgan fingerprint density at radius 1 is 1.14 bits per heavy atom. The molecule has 0 aliphatic carbocycles. The standard InChI is InChI=1S/C19H21ClN2O4S2/c20-17-6-1-2-7-18(17)27-13-8-19(23)21-15-4-3-5-16(14-15)28(24,25)22-9-11-26-12-10-22/h1-7,14H,8-13H2,(H,21,23). The van der Waals surface area contributed by atoms with E-state index in [4.69, 9.17) is 16.3 Å². The van der Waals surface area contributed by atoms with Gasteiger partial charge < -0.3 is 10.1 Å². The molecule has 150 valence electrons. The van der Waals surface area contributed by atoms with Crippen LogP contribution in [0.25, 0.3) is 0 Å². The van der Waals surface area contributed by atoms with Gasteiger partial charge in [0.1, 0.15) is 0 Å². The van der Waals surface area contributed by atoms with Crippen molar-refractivity contribution in [3.63, 3.8) is 0 Å². The molecule has 9 heteroatoms. The highest BCUT2D eigenvalue weighted by molar-refractivity contribution is 7.99. The van der Waals surface area contributed by atoms with Gasteiger partial charge in [0.25, 0.3) is 0 Å². The Labute approximate surface area is 174 Å². The molecule has 1 aliphatic heterocycles. The maximum Gasteiger partial charge on any atom is 0.243 e. The summed E-state index contributed by atoms with van der Waals surface area (Å²) < 4.78 is 32.1. The normalized spacial score (nSPS) is 15.3. The molecule has 0 spiro atoms. The Bertz CT molecular complexity index is 931. The van der Waals surface area contributed by atoms with Crippen molar-refractivity contribution < 1.29 is 17.9 Å². The number of nitrogens with one attached hydrogen (secondary N) is 1. The third-order valence-corrected chi connectivity index (χ3v) is 7.56. The van der Waals surface area contributed by atoms with Crippen LogP contribution < -0.4 is 5.32 Å². The first-order chi connectivity index (χ1) is 13.5. The summed E-state index contributed by atoms with van der Waals surface area (Å²) in [5, 5.41) is 3.43. The number of hydrogen-bond acceptors (Lipinski definition) is 5. The quantitative estimate of drug-likeness (QED) is 0.667. The number of nitrogens with zero attached hydrogens (tertiary/aromatic N) is 1. The van der Waals surface area contributed by atoms with E-state index in [1.165, 1.54) is 28.2 Å². The molecular formula is C19H21ClN2O4S2. The van der Waals surface area contributed by atoms with E-state index in [1.807, 2.05) is 24.3 Å². The molecule has 1 heterocycles. The lowest BCUT2D eigenvalue weighted by atomic mass is 10.3. The molecule has 0 saturated carbocycles. The first kappa shape index (κ1) is 21.1. The number of anilines is 1. The Kier molecular flexibility index (Phi) is 7.36. The fraction of sp³-hybridized carbons (Fsp3) is 0.316. The van der Waals surface area contributed by atoms with Crippen LogP contribution in [0, 0.1) is 0 Å². The summed E-state index contributed by atoms with van der Waals surface area (Å²) in [5.74, 6) is 0.391. The van der Waals surface area contributed by atoms with Crippen LogP contribution in [-0.4, -0.2) is 50.7 Å². The van der Waals surface area contributed by atoms with E-state index in [2.05, 4.69) is 5.32 Å². The number of rotatable bonds is 7. The van der Waals surface area contributed by atoms with E-state index in [-0.39, 0.29) is 17.2 Å². The van der Waals surface area contributed by atoms with Crippen LogP contribution in [-0.2, 0) is 19.6 Å². The lowest BCUT2D eigenvalue weighted by Gasteiger charge is -2.26. The summed E-state index contributed by atoms with van der Waals surface area (Å²) in [5.41, 5.74) is 0.460. The molecular weight excluding hydrogens is 420 g/mol. The van der Waals surface area contributed by atoms with Crippen molar-refractivity contribution in [2.24, 2.45) is 0 Å². The predicted molar refractivity (Wildman–Crippen MR) is 111 cm³/mol. The molecule has 28 heavy (non-hydrogen) atoms. The summed E-state index contributed by atoms with van der Waals surface area (Å²) in [4.78, 5) is 13.3. The van der Waals surface area contributed by atoms with Gasteiger partial charge in [0.15, 0.2) is 0 Å². The minimum atomic E-state index is -3.59. The fourth-order valence-corrected chi connectivity index (χ4v) is 5.35. The summed E-state index contributed by atoms with van der Waals surface area (Å²) in [6, 6.07) is 13.8. The van der Waals surface area contributed by atoms with Crippen molar-refractivity contribution in [1.82, 2.24) is 4.31 Å². The molecule has 0 atom stereocenters. The maximum absolute atomic E-state index is 12.7. The van der Waals surface area contributed by atoms with Gasteiger partial charge >= 0.3 is 0 Å². The van der Waals surface area contributed by atoms with Gasteiger partial charge in [-0.2, -0.15) is 4.31 Å². The lowest BCUT2D eigenvalue weighted by Crippen LogP contribution is -2.40. The van der Waals surface area contributed by atoms with Crippen molar-refractivity contribution in [3.8, 4) is 0 Å². The Balaban J connectivity index is 1.58. The molecule has 3 rings (SSSR count). The summed E-state index contributed by atoms with van der Waals surface area (Å²) in [7, 11) is -3.59. The molecule has 2 aromatic rings. The van der Waals surface area contributed by atoms with Crippen LogP contribution in [0.1, 0.15) is 6.42 Å². The number of ether oxygens (including phenoxy) is 1. The third kappa shape index (κ3) is 5.48. The van der Waals surface area contributed by atoms with Crippen LogP contribution in [0.2, 0.25) is 5.02 Å². The van der Waals surface area contributed by atoms with Crippen LogP contribution in [0.3, 0.4) is 0 Å². The van der Waals surface area contributed by atoms with Gasteiger partial charge in [-0.25, -0.2) is 8.42 Å². The van der Waals surface area contributed by atoms with Crippen molar-refractivity contribution >= 4 is 45.0 Å². The van der Waals surface area contributed by atoms with Crippen molar-refractivity contribution in [3.05, 3.63) is 53.6 Å². The Morgan fingerprint density at radius 3 is 2.64 bits per heavy atom. The molecule has 1 saturated heterocycles. The maximum atomic E-state index is 12.7. The molecule has 1 fully saturated rings. The smallest absolute Gasteiger partial charge is 0.243 e. The number of thioether (sulfide) groups is 1. The zero-order chi connectivity index (χ0) is 20.0. The molecule has 0 unspecified atom stereocenters. The number of halogens is 1. The number of carbonyl (C=O) groups excluding carboxylic acids is 1. The van der Waals surface area contributed by atoms with Gasteiger partial charge in [0, 0.05) is 35.8 Å². The minimum Gasteiger partial charge on any atom is -0.379 e. The van der Waals surface area contributed by atoms with Crippen molar-refractivity contribution in [1.29, 1.82) is 0 Å². The molecule has 0 aromatic heterocycles. The Morgan fingerprint density at radius 2 is 1.89 bits per heavy atom. The fourth-order valence-electron chi connectivity index (χ4n) is 2.71. The molecule has 1 N–H and O–H groups in total. The first-order valence-electron chi connectivity index (χ1n) is 8.82. The zero-order valence-corrected chi connectivity index (χ0v) is 17.5. The number of amides is 1. The third-order valence-electron chi connectivity index (χ3n) is 4.15. The number of hydrogen-bond donors (Lipinski definition) is 1. The zero-order valence-electron chi connectivity index (χ0n) is 15.1. The monoisotopic (exact) mass is 440 g/mol. The second-order valence-electron chi connectivity index (χ2n) is 6.12. The van der Waals surface area contributed by atoms with Crippen molar-refractivity contribution in [2.75, 3.05) is 37.4 Å². The van der Waals surface area contributed by atoms with E-state index in [0.29, 0.717) is 42.8 Å². The Hall–Kier alpha value is -1.58. The van der Waals surface area contributed by atoms with Crippen LogP contribution >= 0.6 is 23.4 Å². The lowest BCUT2D eigenvalue weighted by molar-refractivity contribution is -0.115. The highest BCUT2D eigenvalue weighted by atomic mass is 35.5. The summed E-state index contributed by atoms with van der Waals surface area (Å²) in [6.45, 7) is 1.44. The van der Waals surface area contributed by atoms with E-state index in [1.54, 1.807) is 12.1 Å². The summed E-state index contributed by atoms with van der Waals surface area (Å²) in [6.07, 6.45) is 0.288. The van der Waals surface area contributed by atoms with E-state index in [9.17, 15) is 13.2 Å². The highest BCUT2D eigenvalue weighted by Gasteiger charge is 2.26. The van der Waals surface area contributed by atoms with Gasteiger partial charge in [0.2, 0.25) is 15.9 Å². The predicted octanol–water partition coefficient (Wildman–Crippen LogP) is 3.48. The highest BCUT2D eigenvalue weighted by Crippen LogP contribution is 2.27. The number of benzene rings is 2. The number of carbonyl (C=O) groups is 1. The van der Waals surface area contributed by atoms with Gasteiger partial charge in [-0.1, -0.05) is 29.8 Å². The average Bonchev–Trinajstić information content (AvgIpc) is 2.70. The minimum absolute atomic E-state index is 0.164. The number of sulfonamides is 1. The van der Waals surface area contributed by atoms with Crippen LogP contribution in [0.4, 0.5) is 5.69 Å². The second kappa shape index (κ2) is 9.76. The topological polar surface area (TPSA) is 75.7 Å². The molecule has 1 aliphatic rings. The number of morpholine rings is 1. The van der Waals surface area contributed by atoms with Crippen LogP contribution in [0.5, 0.6) is 0 Å². The first-order valence-corrected chi connectivity index (χ1v) is 11.6. The molecule has 1 amide bonds. The van der Waals surface area contributed by atoms with Gasteiger partial charge in [-0.15, -0.1) is 11.8 Å². The van der Waals surface area contributed by atoms with E-state index >= 15 is 0 Å². The van der Waals surface area contributed by atoms with Gasteiger partial charge in [0.05, 0.1) is 23.1 Å². The van der Waals surface area contributed by atoms with Crippen molar-refractivity contribution in [2.45, 2.75) is 16.2 Å². The molecule has 0 bridgehead atoms. The van der Waals surface area contributed by atoms with E-state index in [0.717, 1.165) is 4.90 Å². The molecule has 6 nitrogen and oxygen atoms in total. The largest absolute Gasteiger partial charge is 0.379 e. The summed E-state index contributed by atoms with van der Waals surface area (Å²) >= 11 is 7.61. The van der Waals surface area contributed by atoms with Gasteiger partial charge in [-0.3, -0.25) is 4.79 Å². The second-order valence-corrected chi connectivity index (χ2v) is 9.60. The molecule has 2 aromatic carbocycles. The SMILES string of the molecule is O=C(CCSc1ccccc1Cl)Nc1cccc(S(=O)(=O)N2CCOCC2)c1. The van der Waals surface area contributed by atoms with Crippen LogP contribution in [0.15, 0.2) is 58.3 Å². The van der Waals surface area contributed by atoms with Gasteiger partial charge in [-0.05, 0) is 30.3 Å². The van der Waals surface area contributed by atoms with E-state index < -0.39 is 10.0 Å².